The summed E-state index contributed by atoms with van der Waals surface area (Å²) < 4.78 is 0. The number of carbonyl (C=O) groups excluding carboxylic acids is 1. The summed E-state index contributed by atoms with van der Waals surface area (Å²) in [6.45, 7) is 8.15. The van der Waals surface area contributed by atoms with E-state index < -0.39 is 0 Å². The van der Waals surface area contributed by atoms with Crippen LogP contribution in [0.3, 0.4) is 0 Å². The molecule has 1 saturated heterocycles. The van der Waals surface area contributed by atoms with E-state index in [-0.39, 0.29) is 5.91 Å². The summed E-state index contributed by atoms with van der Waals surface area (Å²) >= 11 is 0. The highest BCUT2D eigenvalue weighted by atomic mass is 16.1. The maximum absolute atomic E-state index is 12.3. The molecule has 0 unspecified atom stereocenters. The molecule has 0 atom stereocenters. The lowest BCUT2D eigenvalue weighted by molar-refractivity contribution is 0.102. The summed E-state index contributed by atoms with van der Waals surface area (Å²) in [6.07, 6.45) is 0. The zero-order valence-corrected chi connectivity index (χ0v) is 13.7. The quantitative estimate of drug-likeness (QED) is 0.916. The lowest BCUT2D eigenvalue weighted by Crippen LogP contribution is -2.43. The summed E-state index contributed by atoms with van der Waals surface area (Å²) in [6, 6.07) is 13.9. The fourth-order valence-corrected chi connectivity index (χ4v) is 2.76. The van der Waals surface area contributed by atoms with Crippen molar-refractivity contribution in [1.82, 2.24) is 5.32 Å². The van der Waals surface area contributed by atoms with Gasteiger partial charge in [0, 0.05) is 43.1 Å². The van der Waals surface area contributed by atoms with E-state index in [0.717, 1.165) is 37.4 Å². The van der Waals surface area contributed by atoms with Crippen LogP contribution in [-0.4, -0.2) is 32.1 Å². The molecular formula is C19H23N3O. The lowest BCUT2D eigenvalue weighted by Gasteiger charge is -2.29. The molecular weight excluding hydrogens is 286 g/mol. The Morgan fingerprint density at radius 3 is 2.35 bits per heavy atom. The van der Waals surface area contributed by atoms with Crippen molar-refractivity contribution < 1.29 is 4.79 Å². The van der Waals surface area contributed by atoms with Crippen LogP contribution in [0.25, 0.3) is 0 Å². The topological polar surface area (TPSA) is 44.4 Å². The number of benzene rings is 2. The minimum Gasteiger partial charge on any atom is -0.369 e. The van der Waals surface area contributed by atoms with Crippen LogP contribution in [0.2, 0.25) is 0 Å². The average molecular weight is 309 g/mol. The number of carbonyl (C=O) groups is 1. The molecule has 4 heteroatoms. The molecule has 4 nitrogen and oxygen atoms in total. The van der Waals surface area contributed by atoms with Gasteiger partial charge in [-0.3, -0.25) is 4.79 Å². The fraction of sp³-hybridized carbons (Fsp3) is 0.316. The number of aryl methyl sites for hydroxylation is 2. The van der Waals surface area contributed by atoms with Crippen LogP contribution in [0.5, 0.6) is 0 Å². The highest BCUT2D eigenvalue weighted by Gasteiger charge is 2.11. The van der Waals surface area contributed by atoms with Crippen LogP contribution >= 0.6 is 0 Å². The van der Waals surface area contributed by atoms with Gasteiger partial charge < -0.3 is 15.5 Å². The Kier molecular flexibility index (Phi) is 4.63. The Labute approximate surface area is 137 Å². The molecule has 3 rings (SSSR count). The predicted molar refractivity (Wildman–Crippen MR) is 95.4 cm³/mol. The van der Waals surface area contributed by atoms with Crippen LogP contribution in [-0.2, 0) is 0 Å². The molecule has 0 aliphatic carbocycles. The van der Waals surface area contributed by atoms with Crippen molar-refractivity contribution in [3.8, 4) is 0 Å². The van der Waals surface area contributed by atoms with Gasteiger partial charge in [0.2, 0.25) is 0 Å². The smallest absolute Gasteiger partial charge is 0.255 e. The second kappa shape index (κ2) is 6.84. The molecule has 1 amide bonds. The van der Waals surface area contributed by atoms with Crippen molar-refractivity contribution >= 4 is 17.3 Å². The second-order valence-corrected chi connectivity index (χ2v) is 6.04. The first-order valence-electron chi connectivity index (χ1n) is 8.08. The van der Waals surface area contributed by atoms with Crippen LogP contribution in [0.4, 0.5) is 11.4 Å². The van der Waals surface area contributed by atoms with Crippen molar-refractivity contribution in [2.24, 2.45) is 0 Å². The Morgan fingerprint density at radius 2 is 1.70 bits per heavy atom. The summed E-state index contributed by atoms with van der Waals surface area (Å²) in [5.74, 6) is -0.0666. The largest absolute Gasteiger partial charge is 0.369 e. The van der Waals surface area contributed by atoms with Gasteiger partial charge in [-0.2, -0.15) is 0 Å². The van der Waals surface area contributed by atoms with Gasteiger partial charge in [0.05, 0.1) is 0 Å². The molecule has 0 radical (unpaired) electrons. The normalized spacial score (nSPS) is 14.6. The molecule has 120 valence electrons. The predicted octanol–water partition coefficient (Wildman–Crippen LogP) is 2.97. The molecule has 1 aliphatic rings. The van der Waals surface area contributed by atoms with E-state index in [1.807, 2.05) is 44.2 Å². The summed E-state index contributed by atoms with van der Waals surface area (Å²) in [5, 5.41) is 6.32. The molecule has 2 N–H and O–H groups in total. The molecule has 0 saturated carbocycles. The number of hydrogen-bond acceptors (Lipinski definition) is 3. The van der Waals surface area contributed by atoms with Gasteiger partial charge in [-0.05, 0) is 61.4 Å². The van der Waals surface area contributed by atoms with E-state index in [2.05, 4.69) is 27.7 Å². The van der Waals surface area contributed by atoms with Gasteiger partial charge in [-0.1, -0.05) is 6.07 Å². The second-order valence-electron chi connectivity index (χ2n) is 6.04. The van der Waals surface area contributed by atoms with Crippen molar-refractivity contribution in [1.29, 1.82) is 0 Å². The number of nitrogens with one attached hydrogen (secondary N) is 2. The summed E-state index contributed by atoms with van der Waals surface area (Å²) in [7, 11) is 0. The SMILES string of the molecule is Cc1ccc(C(=O)Nc2ccc(N3CCNCC3)cc2)cc1C. The molecule has 2 aromatic carbocycles. The number of rotatable bonds is 3. The molecule has 1 fully saturated rings. The first-order chi connectivity index (χ1) is 11.1. The average Bonchev–Trinajstić information content (AvgIpc) is 2.59. The number of piperazine rings is 1. The minimum atomic E-state index is -0.0666. The van der Waals surface area contributed by atoms with Gasteiger partial charge in [0.15, 0.2) is 0 Å². The van der Waals surface area contributed by atoms with E-state index in [1.54, 1.807) is 0 Å². The van der Waals surface area contributed by atoms with Crippen LogP contribution in [0.1, 0.15) is 21.5 Å². The Hall–Kier alpha value is -2.33. The fourth-order valence-electron chi connectivity index (χ4n) is 2.76. The van der Waals surface area contributed by atoms with Crippen LogP contribution in [0, 0.1) is 13.8 Å². The molecule has 2 aromatic rings. The number of nitrogens with zero attached hydrogens (tertiary/aromatic N) is 1. The maximum Gasteiger partial charge on any atom is 0.255 e. The van der Waals surface area contributed by atoms with Crippen LogP contribution < -0.4 is 15.5 Å². The van der Waals surface area contributed by atoms with E-state index in [4.69, 9.17) is 0 Å². The van der Waals surface area contributed by atoms with Crippen molar-refractivity contribution in [2.75, 3.05) is 36.4 Å². The monoisotopic (exact) mass is 309 g/mol. The Balaban J connectivity index is 1.67. The highest BCUT2D eigenvalue weighted by Crippen LogP contribution is 2.19. The summed E-state index contributed by atoms with van der Waals surface area (Å²) in [5.41, 5.74) is 5.05. The number of amides is 1. The van der Waals surface area contributed by atoms with E-state index in [9.17, 15) is 4.79 Å². The van der Waals surface area contributed by atoms with Crippen molar-refractivity contribution in [3.63, 3.8) is 0 Å². The van der Waals surface area contributed by atoms with Crippen molar-refractivity contribution in [2.45, 2.75) is 13.8 Å². The third-order valence-corrected chi connectivity index (χ3v) is 4.38. The van der Waals surface area contributed by atoms with Crippen LogP contribution in [0.15, 0.2) is 42.5 Å². The minimum absolute atomic E-state index is 0.0666. The molecule has 0 spiro atoms. The van der Waals surface area contributed by atoms with Gasteiger partial charge in [0.25, 0.3) is 5.91 Å². The number of anilines is 2. The molecule has 1 aliphatic heterocycles. The molecule has 0 aromatic heterocycles. The zero-order valence-electron chi connectivity index (χ0n) is 13.7. The zero-order chi connectivity index (χ0) is 16.2. The third kappa shape index (κ3) is 3.71. The Bertz CT molecular complexity index is 688. The van der Waals surface area contributed by atoms with Gasteiger partial charge in [-0.15, -0.1) is 0 Å². The lowest BCUT2D eigenvalue weighted by atomic mass is 10.1. The van der Waals surface area contributed by atoms with E-state index in [1.165, 1.54) is 11.3 Å². The standard InChI is InChI=1S/C19H23N3O/c1-14-3-4-16(13-15(14)2)19(23)21-17-5-7-18(8-6-17)22-11-9-20-10-12-22/h3-8,13,20H,9-12H2,1-2H3,(H,21,23). The summed E-state index contributed by atoms with van der Waals surface area (Å²) in [4.78, 5) is 14.7. The Morgan fingerprint density at radius 1 is 1.00 bits per heavy atom. The van der Waals surface area contributed by atoms with E-state index >= 15 is 0 Å². The first kappa shape index (κ1) is 15.6. The third-order valence-electron chi connectivity index (χ3n) is 4.38. The maximum atomic E-state index is 12.3. The highest BCUT2D eigenvalue weighted by molar-refractivity contribution is 6.04. The molecule has 0 bridgehead atoms. The van der Waals surface area contributed by atoms with Gasteiger partial charge in [-0.25, -0.2) is 0 Å². The molecule has 23 heavy (non-hydrogen) atoms. The van der Waals surface area contributed by atoms with E-state index in [0.29, 0.717) is 5.56 Å². The van der Waals surface area contributed by atoms with Gasteiger partial charge in [0.1, 0.15) is 0 Å². The van der Waals surface area contributed by atoms with Crippen molar-refractivity contribution in [3.05, 3.63) is 59.2 Å². The molecule has 1 heterocycles. The number of hydrogen-bond donors (Lipinski definition) is 2. The van der Waals surface area contributed by atoms with Gasteiger partial charge >= 0.3 is 0 Å². The first-order valence-corrected chi connectivity index (χ1v) is 8.08.